The molecule has 1 N–H and O–H groups in total. The van der Waals surface area contributed by atoms with Crippen LogP contribution in [0.5, 0.6) is 0 Å². The number of ether oxygens (including phenoxy) is 1. The molecule has 0 aliphatic carbocycles. The summed E-state index contributed by atoms with van der Waals surface area (Å²) in [5.74, 6) is -0.989. The molecular formula is C24H21NO4S. The van der Waals surface area contributed by atoms with Gasteiger partial charge in [-0.25, -0.2) is 0 Å². The molecule has 30 heavy (non-hydrogen) atoms. The lowest BCUT2D eigenvalue weighted by molar-refractivity contribution is -0.146. The Morgan fingerprint density at radius 1 is 0.867 bits per heavy atom. The van der Waals surface area contributed by atoms with E-state index in [1.54, 1.807) is 24.3 Å². The van der Waals surface area contributed by atoms with Gasteiger partial charge in [0.15, 0.2) is 12.4 Å². The predicted molar refractivity (Wildman–Crippen MR) is 118 cm³/mol. The number of esters is 1. The number of hydrogen-bond donors (Lipinski definition) is 1. The van der Waals surface area contributed by atoms with Crippen molar-refractivity contribution in [3.63, 3.8) is 0 Å². The fourth-order valence-electron chi connectivity index (χ4n) is 2.71. The van der Waals surface area contributed by atoms with E-state index in [1.807, 2.05) is 60.7 Å². The second-order valence-electron chi connectivity index (χ2n) is 6.51. The van der Waals surface area contributed by atoms with Gasteiger partial charge in [0.25, 0.3) is 5.91 Å². The van der Waals surface area contributed by atoms with Crippen LogP contribution in [0.25, 0.3) is 0 Å². The van der Waals surface area contributed by atoms with Gasteiger partial charge in [-0.05, 0) is 48.9 Å². The second kappa shape index (κ2) is 10.4. The number of anilines is 1. The molecule has 5 nitrogen and oxygen atoms in total. The first-order valence-electron chi connectivity index (χ1n) is 9.37. The standard InChI is InChI=1S/C24H21NO4S/c1-17(26)18-12-14-20(15-13-18)25-22(27)16-29-24(28)23(19-8-4-2-5-9-19)30-21-10-6-3-7-11-21/h2-15,23H,16H2,1H3,(H,25,27)/t23-/m0/s1. The van der Waals surface area contributed by atoms with Gasteiger partial charge in [0.1, 0.15) is 5.25 Å². The average molecular weight is 420 g/mol. The summed E-state index contributed by atoms with van der Waals surface area (Å²) in [6.07, 6.45) is 0. The number of amides is 1. The molecule has 0 spiro atoms. The van der Waals surface area contributed by atoms with Gasteiger partial charge in [-0.1, -0.05) is 48.5 Å². The Morgan fingerprint density at radius 2 is 1.47 bits per heavy atom. The maximum atomic E-state index is 12.8. The van der Waals surface area contributed by atoms with Crippen molar-refractivity contribution in [3.8, 4) is 0 Å². The molecule has 0 saturated carbocycles. The van der Waals surface area contributed by atoms with E-state index in [0.29, 0.717) is 11.3 Å². The van der Waals surface area contributed by atoms with Crippen molar-refractivity contribution in [1.82, 2.24) is 0 Å². The number of carbonyl (C=O) groups excluding carboxylic acids is 3. The second-order valence-corrected chi connectivity index (χ2v) is 7.69. The zero-order valence-electron chi connectivity index (χ0n) is 16.4. The van der Waals surface area contributed by atoms with Gasteiger partial charge in [0.2, 0.25) is 0 Å². The number of ketones is 1. The minimum absolute atomic E-state index is 0.0512. The largest absolute Gasteiger partial charge is 0.454 e. The van der Waals surface area contributed by atoms with Crippen molar-refractivity contribution >= 4 is 35.1 Å². The van der Waals surface area contributed by atoms with Gasteiger partial charge in [0, 0.05) is 16.1 Å². The van der Waals surface area contributed by atoms with Gasteiger partial charge in [-0.3, -0.25) is 14.4 Å². The van der Waals surface area contributed by atoms with Crippen LogP contribution in [0.4, 0.5) is 5.69 Å². The molecule has 1 amide bonds. The Hall–Kier alpha value is -3.38. The molecule has 0 bridgehead atoms. The summed E-state index contributed by atoms with van der Waals surface area (Å²) in [6.45, 7) is 1.08. The van der Waals surface area contributed by atoms with E-state index < -0.39 is 23.7 Å². The van der Waals surface area contributed by atoms with Crippen LogP contribution in [-0.4, -0.2) is 24.3 Å². The summed E-state index contributed by atoms with van der Waals surface area (Å²) in [7, 11) is 0. The van der Waals surface area contributed by atoms with E-state index in [1.165, 1.54) is 18.7 Å². The third-order valence-corrected chi connectivity index (χ3v) is 5.48. The van der Waals surface area contributed by atoms with Crippen LogP contribution in [0.1, 0.15) is 28.1 Å². The highest BCUT2D eigenvalue weighted by atomic mass is 32.2. The SMILES string of the molecule is CC(=O)c1ccc(NC(=O)COC(=O)[C@@H](Sc2ccccc2)c2ccccc2)cc1. The van der Waals surface area contributed by atoms with E-state index in [-0.39, 0.29) is 5.78 Å². The Bertz CT molecular complexity index is 1000. The number of rotatable bonds is 8. The molecule has 0 aliphatic rings. The van der Waals surface area contributed by atoms with Crippen molar-refractivity contribution in [3.05, 3.63) is 96.1 Å². The minimum Gasteiger partial charge on any atom is -0.454 e. The normalized spacial score (nSPS) is 11.4. The third kappa shape index (κ3) is 6.06. The molecule has 3 aromatic carbocycles. The first-order chi connectivity index (χ1) is 14.5. The van der Waals surface area contributed by atoms with Crippen LogP contribution in [0.15, 0.2) is 89.8 Å². The fourth-order valence-corrected chi connectivity index (χ4v) is 3.76. The summed E-state index contributed by atoms with van der Waals surface area (Å²) in [4.78, 5) is 37.2. The molecule has 0 saturated heterocycles. The minimum atomic E-state index is -0.587. The molecule has 3 aromatic rings. The van der Waals surface area contributed by atoms with Gasteiger partial charge in [-0.15, -0.1) is 11.8 Å². The molecule has 0 radical (unpaired) electrons. The highest BCUT2D eigenvalue weighted by molar-refractivity contribution is 8.00. The summed E-state index contributed by atoms with van der Waals surface area (Å²) in [6, 6.07) is 25.4. The number of carbonyl (C=O) groups is 3. The molecular weight excluding hydrogens is 398 g/mol. The van der Waals surface area contributed by atoms with Crippen LogP contribution in [0, 0.1) is 0 Å². The molecule has 0 aromatic heterocycles. The Balaban J connectivity index is 1.62. The van der Waals surface area contributed by atoms with Crippen LogP contribution in [-0.2, 0) is 14.3 Å². The maximum Gasteiger partial charge on any atom is 0.324 e. The topological polar surface area (TPSA) is 72.5 Å². The zero-order chi connectivity index (χ0) is 21.3. The molecule has 0 unspecified atom stereocenters. The van der Waals surface area contributed by atoms with Crippen LogP contribution >= 0.6 is 11.8 Å². The summed E-state index contributed by atoms with van der Waals surface area (Å²) < 4.78 is 5.30. The van der Waals surface area contributed by atoms with Crippen LogP contribution < -0.4 is 5.32 Å². The average Bonchev–Trinajstić information content (AvgIpc) is 2.77. The molecule has 1 atom stereocenters. The summed E-state index contributed by atoms with van der Waals surface area (Å²) in [5.41, 5.74) is 1.89. The summed E-state index contributed by atoms with van der Waals surface area (Å²) in [5, 5.41) is 2.07. The van der Waals surface area contributed by atoms with Crippen molar-refractivity contribution < 1.29 is 19.1 Å². The van der Waals surface area contributed by atoms with Crippen molar-refractivity contribution in [2.24, 2.45) is 0 Å². The van der Waals surface area contributed by atoms with E-state index in [0.717, 1.165) is 10.5 Å². The number of hydrogen-bond acceptors (Lipinski definition) is 5. The fraction of sp³-hybridized carbons (Fsp3) is 0.125. The van der Waals surface area contributed by atoms with Gasteiger partial charge in [0.05, 0.1) is 0 Å². The van der Waals surface area contributed by atoms with Gasteiger partial charge < -0.3 is 10.1 Å². The molecule has 3 rings (SSSR count). The zero-order valence-corrected chi connectivity index (χ0v) is 17.2. The number of thioether (sulfide) groups is 1. The van der Waals surface area contributed by atoms with E-state index >= 15 is 0 Å². The smallest absolute Gasteiger partial charge is 0.324 e. The number of benzene rings is 3. The van der Waals surface area contributed by atoms with Gasteiger partial charge >= 0.3 is 5.97 Å². The summed E-state index contributed by atoms with van der Waals surface area (Å²) >= 11 is 1.37. The molecule has 0 aliphatic heterocycles. The van der Waals surface area contributed by atoms with Crippen molar-refractivity contribution in [2.45, 2.75) is 17.1 Å². The molecule has 152 valence electrons. The van der Waals surface area contributed by atoms with Crippen LogP contribution in [0.2, 0.25) is 0 Å². The lowest BCUT2D eigenvalue weighted by Gasteiger charge is -2.16. The maximum absolute atomic E-state index is 12.8. The number of nitrogens with one attached hydrogen (secondary N) is 1. The van der Waals surface area contributed by atoms with E-state index in [9.17, 15) is 14.4 Å². The number of Topliss-reactive ketones (excluding diaryl/α,β-unsaturated/α-hetero) is 1. The van der Waals surface area contributed by atoms with Crippen molar-refractivity contribution in [1.29, 1.82) is 0 Å². The van der Waals surface area contributed by atoms with Crippen molar-refractivity contribution in [2.75, 3.05) is 11.9 Å². The third-order valence-electron chi connectivity index (χ3n) is 4.23. The van der Waals surface area contributed by atoms with Crippen LogP contribution in [0.3, 0.4) is 0 Å². The lowest BCUT2D eigenvalue weighted by atomic mass is 10.1. The first kappa shape index (κ1) is 21.3. The quantitative estimate of drug-likeness (QED) is 0.319. The Labute approximate surface area is 179 Å². The lowest BCUT2D eigenvalue weighted by Crippen LogP contribution is -2.23. The molecule has 0 heterocycles. The highest BCUT2D eigenvalue weighted by Crippen LogP contribution is 2.36. The molecule has 6 heteroatoms. The molecule has 0 fully saturated rings. The van der Waals surface area contributed by atoms with E-state index in [2.05, 4.69) is 5.32 Å². The predicted octanol–water partition coefficient (Wildman–Crippen LogP) is 4.90. The van der Waals surface area contributed by atoms with Gasteiger partial charge in [-0.2, -0.15) is 0 Å². The first-order valence-corrected chi connectivity index (χ1v) is 10.2. The monoisotopic (exact) mass is 419 g/mol. The Morgan fingerprint density at radius 3 is 2.07 bits per heavy atom. The van der Waals surface area contributed by atoms with E-state index in [4.69, 9.17) is 4.74 Å². The Kier molecular flexibility index (Phi) is 7.40. The highest BCUT2D eigenvalue weighted by Gasteiger charge is 2.24.